The van der Waals surface area contributed by atoms with Gasteiger partial charge in [-0.2, -0.15) is 5.26 Å². The van der Waals surface area contributed by atoms with Crippen molar-refractivity contribution < 1.29 is 20.1 Å². The third kappa shape index (κ3) is 8.37. The minimum absolute atomic E-state index is 0.0257. The Hall–Kier alpha value is -1.45. The van der Waals surface area contributed by atoms with E-state index in [0.29, 0.717) is 18.8 Å². The Morgan fingerprint density at radius 3 is 2.35 bits per heavy atom. The van der Waals surface area contributed by atoms with Crippen LogP contribution < -0.4 is 0 Å². The van der Waals surface area contributed by atoms with Crippen LogP contribution in [0.1, 0.15) is 11.1 Å². The van der Waals surface area contributed by atoms with Crippen molar-refractivity contribution in [3.05, 3.63) is 35.4 Å². The van der Waals surface area contributed by atoms with Crippen LogP contribution in [0, 0.1) is 11.3 Å². The van der Waals surface area contributed by atoms with Crippen LogP contribution in [0.5, 0.6) is 0 Å². The number of nitriles is 1. The van der Waals surface area contributed by atoms with E-state index in [1.54, 1.807) is 12.1 Å². The summed E-state index contributed by atoms with van der Waals surface area (Å²) in [7, 11) is 0. The van der Waals surface area contributed by atoms with E-state index in [2.05, 4.69) is 6.07 Å². The summed E-state index contributed by atoms with van der Waals surface area (Å²) < 4.78 is 5.11. The molecule has 0 heterocycles. The molecule has 1 aromatic carbocycles. The first-order valence-electron chi connectivity index (χ1n) is 5.17. The van der Waals surface area contributed by atoms with E-state index in [1.807, 2.05) is 12.1 Å². The van der Waals surface area contributed by atoms with E-state index < -0.39 is 0 Å². The number of hydrogen-bond donors (Lipinski definition) is 3. The first-order valence-corrected chi connectivity index (χ1v) is 5.17. The second kappa shape index (κ2) is 11.0. The van der Waals surface area contributed by atoms with Gasteiger partial charge < -0.3 is 20.1 Å². The summed E-state index contributed by atoms with van der Waals surface area (Å²) in [4.78, 5) is 0. The van der Waals surface area contributed by atoms with E-state index in [-0.39, 0.29) is 19.8 Å². The van der Waals surface area contributed by atoms with Gasteiger partial charge in [-0.05, 0) is 17.7 Å². The Bertz CT molecular complexity index is 334. The van der Waals surface area contributed by atoms with Crippen molar-refractivity contribution in [3.63, 3.8) is 0 Å². The SMILES string of the molecule is N#Cc1cccc(COCCO)c1.OCCO. The molecule has 0 spiro atoms. The molecular formula is C12H17NO4. The number of aliphatic hydroxyl groups is 3. The lowest BCUT2D eigenvalue weighted by Crippen LogP contribution is -1.99. The highest BCUT2D eigenvalue weighted by Crippen LogP contribution is 2.05. The van der Waals surface area contributed by atoms with Crippen molar-refractivity contribution in [1.29, 1.82) is 5.26 Å². The summed E-state index contributed by atoms with van der Waals surface area (Å²) in [5.41, 5.74) is 1.58. The van der Waals surface area contributed by atoms with Crippen LogP contribution >= 0.6 is 0 Å². The maximum atomic E-state index is 8.60. The van der Waals surface area contributed by atoms with Crippen molar-refractivity contribution >= 4 is 0 Å². The highest BCUT2D eigenvalue weighted by Gasteiger charge is 1.94. The lowest BCUT2D eigenvalue weighted by atomic mass is 10.1. The first-order chi connectivity index (χ1) is 8.28. The third-order valence-electron chi connectivity index (χ3n) is 1.66. The van der Waals surface area contributed by atoms with Gasteiger partial charge in [-0.3, -0.25) is 0 Å². The third-order valence-corrected chi connectivity index (χ3v) is 1.66. The molecule has 0 unspecified atom stereocenters. The van der Waals surface area contributed by atoms with Gasteiger partial charge in [-0.15, -0.1) is 0 Å². The predicted molar refractivity (Wildman–Crippen MR) is 62.1 cm³/mol. The molecule has 0 aliphatic heterocycles. The van der Waals surface area contributed by atoms with Crippen LogP contribution in [-0.2, 0) is 11.3 Å². The van der Waals surface area contributed by atoms with E-state index in [0.717, 1.165) is 5.56 Å². The van der Waals surface area contributed by atoms with Crippen molar-refractivity contribution in [2.45, 2.75) is 6.61 Å². The molecule has 0 bridgehead atoms. The predicted octanol–water partition coefficient (Wildman–Crippen LogP) is 0.0382. The standard InChI is InChI=1S/C10H11NO2.C2H6O2/c11-7-9-2-1-3-10(6-9)8-13-5-4-12;3-1-2-4/h1-3,6,12H,4-5,8H2;3-4H,1-2H2. The molecule has 5 nitrogen and oxygen atoms in total. The van der Waals surface area contributed by atoms with Crippen LogP contribution in [0.4, 0.5) is 0 Å². The molecule has 0 atom stereocenters. The molecule has 0 radical (unpaired) electrons. The second-order valence-electron chi connectivity index (χ2n) is 3.04. The Morgan fingerprint density at radius 2 is 1.82 bits per heavy atom. The monoisotopic (exact) mass is 239 g/mol. The van der Waals surface area contributed by atoms with Gasteiger partial charge in [0.1, 0.15) is 0 Å². The second-order valence-corrected chi connectivity index (χ2v) is 3.04. The number of nitrogens with zero attached hydrogens (tertiary/aromatic N) is 1. The van der Waals surface area contributed by atoms with E-state index in [9.17, 15) is 0 Å². The van der Waals surface area contributed by atoms with Gasteiger partial charge in [0, 0.05) is 0 Å². The van der Waals surface area contributed by atoms with Gasteiger partial charge in [-0.1, -0.05) is 12.1 Å². The quantitative estimate of drug-likeness (QED) is 0.631. The topological polar surface area (TPSA) is 93.7 Å². The summed E-state index contributed by atoms with van der Waals surface area (Å²) in [6, 6.07) is 9.28. The van der Waals surface area contributed by atoms with E-state index >= 15 is 0 Å². The number of rotatable bonds is 5. The number of hydrogen-bond acceptors (Lipinski definition) is 5. The van der Waals surface area contributed by atoms with Gasteiger partial charge in [0.25, 0.3) is 0 Å². The normalized spacial score (nSPS) is 9.06. The van der Waals surface area contributed by atoms with Crippen LogP contribution in [0.25, 0.3) is 0 Å². The molecule has 0 amide bonds. The number of aliphatic hydroxyl groups excluding tert-OH is 3. The number of benzene rings is 1. The van der Waals surface area contributed by atoms with Gasteiger partial charge in [0.05, 0.1) is 44.7 Å². The fourth-order valence-electron chi connectivity index (χ4n) is 0.985. The molecule has 3 N–H and O–H groups in total. The molecule has 0 fully saturated rings. The molecule has 1 rings (SSSR count). The average molecular weight is 239 g/mol. The van der Waals surface area contributed by atoms with Crippen molar-refractivity contribution in [3.8, 4) is 6.07 Å². The van der Waals surface area contributed by atoms with Gasteiger partial charge in [-0.25, -0.2) is 0 Å². The number of ether oxygens (including phenoxy) is 1. The fourth-order valence-corrected chi connectivity index (χ4v) is 0.985. The van der Waals surface area contributed by atoms with E-state index in [1.165, 1.54) is 0 Å². The maximum Gasteiger partial charge on any atom is 0.0991 e. The highest BCUT2D eigenvalue weighted by atomic mass is 16.5. The summed E-state index contributed by atoms with van der Waals surface area (Å²) in [6.07, 6.45) is 0. The van der Waals surface area contributed by atoms with E-state index in [4.69, 9.17) is 25.3 Å². The average Bonchev–Trinajstić information content (AvgIpc) is 2.39. The molecule has 0 saturated carbocycles. The van der Waals surface area contributed by atoms with Crippen LogP contribution in [0.2, 0.25) is 0 Å². The lowest BCUT2D eigenvalue weighted by Gasteiger charge is -2.01. The first kappa shape index (κ1) is 15.6. The molecule has 0 aliphatic carbocycles. The Balaban J connectivity index is 0.000000557. The zero-order chi connectivity index (χ0) is 12.9. The summed E-state index contributed by atoms with van der Waals surface area (Å²) in [5.74, 6) is 0. The molecule has 5 heteroatoms. The molecule has 0 aromatic heterocycles. The van der Waals surface area contributed by atoms with Crippen molar-refractivity contribution in [2.24, 2.45) is 0 Å². The molecule has 1 aromatic rings. The smallest absolute Gasteiger partial charge is 0.0991 e. The highest BCUT2D eigenvalue weighted by molar-refractivity contribution is 5.32. The Morgan fingerprint density at radius 1 is 1.12 bits per heavy atom. The van der Waals surface area contributed by atoms with Crippen LogP contribution in [0.3, 0.4) is 0 Å². The van der Waals surface area contributed by atoms with Gasteiger partial charge in [0.15, 0.2) is 0 Å². The lowest BCUT2D eigenvalue weighted by molar-refractivity contribution is 0.0815. The summed E-state index contributed by atoms with van der Waals surface area (Å²) >= 11 is 0. The summed E-state index contributed by atoms with van der Waals surface area (Å²) in [6.45, 7) is 0.546. The summed E-state index contributed by atoms with van der Waals surface area (Å²) in [5, 5.41) is 32.3. The zero-order valence-corrected chi connectivity index (χ0v) is 9.54. The molecule has 94 valence electrons. The van der Waals surface area contributed by atoms with Gasteiger partial charge >= 0.3 is 0 Å². The zero-order valence-electron chi connectivity index (χ0n) is 9.54. The maximum absolute atomic E-state index is 8.60. The van der Waals surface area contributed by atoms with Crippen LogP contribution in [-0.4, -0.2) is 41.7 Å². The molecule has 17 heavy (non-hydrogen) atoms. The Labute approximate surface area is 101 Å². The fraction of sp³-hybridized carbons (Fsp3) is 0.417. The van der Waals surface area contributed by atoms with Crippen molar-refractivity contribution in [1.82, 2.24) is 0 Å². The molecular weight excluding hydrogens is 222 g/mol. The van der Waals surface area contributed by atoms with Crippen molar-refractivity contribution in [2.75, 3.05) is 26.4 Å². The van der Waals surface area contributed by atoms with Gasteiger partial charge in [0.2, 0.25) is 0 Å². The minimum atomic E-state index is -0.125. The molecule has 0 saturated heterocycles. The Kier molecular flexibility index (Phi) is 10.1. The molecule has 0 aliphatic rings. The largest absolute Gasteiger partial charge is 0.394 e. The van der Waals surface area contributed by atoms with Crippen LogP contribution in [0.15, 0.2) is 24.3 Å². The minimum Gasteiger partial charge on any atom is -0.394 e.